The predicted molar refractivity (Wildman–Crippen MR) is 77.2 cm³/mol. The molecule has 22 heavy (non-hydrogen) atoms. The number of rotatable bonds is 6. The molecule has 6 nitrogen and oxygen atoms in total. The molecule has 1 N–H and O–H groups in total. The van der Waals surface area contributed by atoms with Gasteiger partial charge in [0.1, 0.15) is 11.4 Å². The number of thioether (sulfide) groups is 1. The average Bonchev–Trinajstić information content (AvgIpc) is 2.65. The van der Waals surface area contributed by atoms with E-state index in [0.717, 1.165) is 19.3 Å². The van der Waals surface area contributed by atoms with Crippen LogP contribution in [-0.2, 0) is 14.4 Å². The number of carbonyl (C=O) groups is 3. The molecule has 2 fully saturated rings. The Morgan fingerprint density at radius 2 is 2.00 bits per heavy atom. The van der Waals surface area contributed by atoms with Gasteiger partial charge in [0.2, 0.25) is 11.8 Å². The van der Waals surface area contributed by atoms with Crippen LogP contribution in [-0.4, -0.2) is 44.9 Å². The van der Waals surface area contributed by atoms with E-state index in [2.05, 4.69) is 12.2 Å². The topological polar surface area (TPSA) is 89.5 Å². The molecule has 0 aromatic rings. The standard InChI is InChI=1S/C14H22N2O4S.Na/c1-4-5-6-7-8(17)15-9-11(18)16-10(13(19)20)14(2,3)21-12(9)16;/h9-10,12H,4-7H2,1-3H3,(H,15,17)(H,19,20);/q;+1/p-1. The van der Waals surface area contributed by atoms with Gasteiger partial charge in [-0.05, 0) is 20.3 Å². The van der Waals surface area contributed by atoms with Crippen molar-refractivity contribution in [1.29, 1.82) is 0 Å². The Morgan fingerprint density at radius 3 is 2.55 bits per heavy atom. The van der Waals surface area contributed by atoms with E-state index in [1.807, 2.05) is 0 Å². The molecule has 0 aromatic carbocycles. The first-order valence-electron chi connectivity index (χ1n) is 7.30. The van der Waals surface area contributed by atoms with E-state index in [4.69, 9.17) is 0 Å². The molecule has 8 heteroatoms. The van der Waals surface area contributed by atoms with E-state index >= 15 is 0 Å². The fraction of sp³-hybridized carbons (Fsp3) is 0.786. The van der Waals surface area contributed by atoms with E-state index in [1.54, 1.807) is 13.8 Å². The Balaban J connectivity index is 0.00000242. The normalized spacial score (nSPS) is 28.4. The van der Waals surface area contributed by atoms with Crippen molar-refractivity contribution in [2.24, 2.45) is 0 Å². The van der Waals surface area contributed by atoms with Crippen molar-refractivity contribution in [2.75, 3.05) is 0 Å². The zero-order valence-corrected chi connectivity index (χ0v) is 16.4. The zero-order valence-electron chi connectivity index (χ0n) is 13.5. The molecule has 2 saturated heterocycles. The molecule has 2 heterocycles. The van der Waals surface area contributed by atoms with Crippen molar-refractivity contribution in [3.63, 3.8) is 0 Å². The first kappa shape index (κ1) is 19.8. The molecule has 2 rings (SSSR count). The molecule has 118 valence electrons. The van der Waals surface area contributed by atoms with Crippen LogP contribution in [0.2, 0.25) is 0 Å². The fourth-order valence-electron chi connectivity index (χ4n) is 2.91. The largest absolute Gasteiger partial charge is 1.00 e. The molecule has 0 spiro atoms. The maximum atomic E-state index is 12.1. The van der Waals surface area contributed by atoms with Gasteiger partial charge in [-0.2, -0.15) is 0 Å². The molecule has 2 aliphatic rings. The fourth-order valence-corrected chi connectivity index (χ4v) is 4.53. The van der Waals surface area contributed by atoms with Gasteiger partial charge in [0, 0.05) is 11.2 Å². The number of fused-ring (bicyclic) bond motifs is 1. The van der Waals surface area contributed by atoms with Crippen molar-refractivity contribution in [3.8, 4) is 0 Å². The number of β-lactam (4-membered cyclic amide) rings is 1. The number of hydrogen-bond acceptors (Lipinski definition) is 5. The Morgan fingerprint density at radius 1 is 1.36 bits per heavy atom. The van der Waals surface area contributed by atoms with Crippen LogP contribution in [0.5, 0.6) is 0 Å². The molecule has 2 amide bonds. The second-order valence-electron chi connectivity index (χ2n) is 6.08. The summed E-state index contributed by atoms with van der Waals surface area (Å²) >= 11 is 1.41. The number of hydrogen-bond donors (Lipinski definition) is 1. The third-order valence-corrected chi connectivity index (χ3v) is 5.56. The van der Waals surface area contributed by atoms with Crippen molar-refractivity contribution in [1.82, 2.24) is 10.2 Å². The number of carboxylic acid groups (broad SMARTS) is 1. The molecule has 0 bridgehead atoms. The minimum absolute atomic E-state index is 0. The van der Waals surface area contributed by atoms with E-state index in [-0.39, 0.29) is 46.7 Å². The van der Waals surface area contributed by atoms with Crippen LogP contribution < -0.4 is 40.0 Å². The summed E-state index contributed by atoms with van der Waals surface area (Å²) in [4.78, 5) is 36.5. The van der Waals surface area contributed by atoms with Gasteiger partial charge in [-0.25, -0.2) is 0 Å². The Kier molecular flexibility index (Phi) is 6.80. The number of amides is 2. The minimum atomic E-state index is -1.24. The summed E-state index contributed by atoms with van der Waals surface area (Å²) in [7, 11) is 0. The quantitative estimate of drug-likeness (QED) is 0.315. The summed E-state index contributed by atoms with van der Waals surface area (Å²) in [5.41, 5.74) is 0. The van der Waals surface area contributed by atoms with Gasteiger partial charge in [-0.15, -0.1) is 11.8 Å². The third kappa shape index (κ3) is 3.63. The summed E-state index contributed by atoms with van der Waals surface area (Å²) in [5.74, 6) is -1.70. The van der Waals surface area contributed by atoms with Gasteiger partial charge in [-0.3, -0.25) is 9.59 Å². The first-order valence-corrected chi connectivity index (χ1v) is 8.17. The van der Waals surface area contributed by atoms with Crippen LogP contribution in [0.15, 0.2) is 0 Å². The number of nitrogens with zero attached hydrogens (tertiary/aromatic N) is 1. The molecule has 3 atom stereocenters. The monoisotopic (exact) mass is 336 g/mol. The molecule has 3 unspecified atom stereocenters. The first-order chi connectivity index (χ1) is 9.79. The molecule has 2 aliphatic heterocycles. The third-order valence-electron chi connectivity index (χ3n) is 3.99. The van der Waals surface area contributed by atoms with Crippen LogP contribution in [0, 0.1) is 0 Å². The maximum absolute atomic E-state index is 12.1. The second-order valence-corrected chi connectivity index (χ2v) is 7.85. The molecule has 0 radical (unpaired) electrons. The zero-order chi connectivity index (χ0) is 15.8. The average molecular weight is 336 g/mol. The van der Waals surface area contributed by atoms with Gasteiger partial charge in [0.15, 0.2) is 0 Å². The predicted octanol–water partition coefficient (Wildman–Crippen LogP) is -3.13. The summed E-state index contributed by atoms with van der Waals surface area (Å²) in [6.07, 6.45) is 3.22. The van der Waals surface area contributed by atoms with E-state index in [1.165, 1.54) is 16.7 Å². The number of carboxylic acids is 1. The van der Waals surface area contributed by atoms with Crippen LogP contribution in [0.25, 0.3) is 0 Å². The van der Waals surface area contributed by atoms with Gasteiger partial charge in [0.25, 0.3) is 0 Å². The second kappa shape index (κ2) is 7.55. The van der Waals surface area contributed by atoms with Crippen LogP contribution in [0.4, 0.5) is 0 Å². The molecular weight excluding hydrogens is 315 g/mol. The van der Waals surface area contributed by atoms with Crippen molar-refractivity contribution in [2.45, 2.75) is 68.7 Å². The molecular formula is C14H21N2NaO4S. The molecule has 0 saturated carbocycles. The van der Waals surface area contributed by atoms with Gasteiger partial charge in [0.05, 0.1) is 12.0 Å². The van der Waals surface area contributed by atoms with E-state index in [9.17, 15) is 19.5 Å². The summed E-state index contributed by atoms with van der Waals surface area (Å²) < 4.78 is -0.610. The van der Waals surface area contributed by atoms with Crippen molar-refractivity contribution >= 4 is 29.5 Å². The van der Waals surface area contributed by atoms with Crippen LogP contribution >= 0.6 is 11.8 Å². The van der Waals surface area contributed by atoms with Crippen LogP contribution in [0.3, 0.4) is 0 Å². The SMILES string of the molecule is CCCCCC(=O)NC1C(=O)N2C1SC(C)(C)C2C(=O)[O-].[Na+]. The van der Waals surface area contributed by atoms with Gasteiger partial charge >= 0.3 is 29.6 Å². The number of nitrogens with one attached hydrogen (secondary N) is 1. The molecule has 0 aliphatic carbocycles. The Labute approximate surface area is 157 Å². The summed E-state index contributed by atoms with van der Waals surface area (Å²) in [6, 6.07) is -1.54. The maximum Gasteiger partial charge on any atom is 1.00 e. The van der Waals surface area contributed by atoms with Crippen molar-refractivity contribution in [3.05, 3.63) is 0 Å². The molecule has 0 aromatic heterocycles. The number of aliphatic carboxylic acids is 1. The summed E-state index contributed by atoms with van der Waals surface area (Å²) in [6.45, 7) is 5.62. The van der Waals surface area contributed by atoms with E-state index in [0.29, 0.717) is 6.42 Å². The Bertz CT molecular complexity index is 472. The van der Waals surface area contributed by atoms with E-state index < -0.39 is 22.8 Å². The van der Waals surface area contributed by atoms with Gasteiger partial charge in [-0.1, -0.05) is 19.8 Å². The summed E-state index contributed by atoms with van der Waals surface area (Å²) in [5, 5.41) is 13.7. The smallest absolute Gasteiger partial charge is 0.548 e. The number of unbranched alkanes of at least 4 members (excludes halogenated alkanes) is 2. The number of carbonyl (C=O) groups excluding carboxylic acids is 3. The van der Waals surface area contributed by atoms with Crippen LogP contribution in [0.1, 0.15) is 46.5 Å². The van der Waals surface area contributed by atoms with Gasteiger partial charge < -0.3 is 20.1 Å². The Hall–Kier alpha value is -0.240. The van der Waals surface area contributed by atoms with Crippen molar-refractivity contribution < 1.29 is 49.0 Å². The minimum Gasteiger partial charge on any atom is -0.548 e.